The van der Waals surface area contributed by atoms with Crippen molar-refractivity contribution in [3.8, 4) is 0 Å². The molecule has 14 heteroatoms. The van der Waals surface area contributed by atoms with Crippen LogP contribution in [0.25, 0.3) is 0 Å². The SMILES string of the molecule is NC(=O)c1cc(C(=O)O)ccc1CNC(=O)c1cc(Cc2cc(CNC(=O)c3ccccc3C(=O)O)ccc2C(=O)O)ccc1C(=O)O. The van der Waals surface area contributed by atoms with E-state index in [1.54, 1.807) is 0 Å². The summed E-state index contributed by atoms with van der Waals surface area (Å²) >= 11 is 0. The average Bonchev–Trinajstić information content (AvgIpc) is 3.05. The number of amides is 3. The summed E-state index contributed by atoms with van der Waals surface area (Å²) in [5.41, 5.74) is 5.39. The van der Waals surface area contributed by atoms with Crippen LogP contribution in [-0.2, 0) is 19.5 Å². The first-order valence-corrected chi connectivity index (χ1v) is 14.0. The molecule has 0 atom stereocenters. The standard InChI is InChI=1S/C34H27N3O11/c35-28(38)26-14-19(31(41)42)7-8-20(26)16-37-30(40)27-13-17(5-10-25(27)34(47)48)11-21-12-18(6-9-22(21)32(43)44)15-36-29(39)23-3-1-2-4-24(23)33(45)46/h1-10,12-14H,11,15-16H2,(H2,35,38)(H,36,39)(H,37,40)(H,41,42)(H,43,44)(H,45,46)(H,47,48). The van der Waals surface area contributed by atoms with Gasteiger partial charge in [0.2, 0.25) is 5.91 Å². The molecule has 48 heavy (non-hydrogen) atoms. The van der Waals surface area contributed by atoms with Gasteiger partial charge in [0.05, 0.1) is 33.4 Å². The van der Waals surface area contributed by atoms with Crippen LogP contribution < -0.4 is 16.4 Å². The Morgan fingerprint density at radius 1 is 0.500 bits per heavy atom. The molecule has 4 aromatic carbocycles. The number of hydrogen-bond donors (Lipinski definition) is 7. The molecule has 0 fully saturated rings. The molecule has 14 nitrogen and oxygen atoms in total. The van der Waals surface area contributed by atoms with Crippen molar-refractivity contribution < 1.29 is 54.0 Å². The van der Waals surface area contributed by atoms with Crippen LogP contribution in [0.5, 0.6) is 0 Å². The molecule has 3 amide bonds. The van der Waals surface area contributed by atoms with E-state index in [-0.39, 0.29) is 69.6 Å². The maximum absolute atomic E-state index is 13.2. The summed E-state index contributed by atoms with van der Waals surface area (Å²) in [7, 11) is 0. The Morgan fingerprint density at radius 3 is 1.69 bits per heavy atom. The molecule has 0 aliphatic rings. The van der Waals surface area contributed by atoms with Crippen molar-refractivity contribution >= 4 is 41.6 Å². The highest BCUT2D eigenvalue weighted by Crippen LogP contribution is 2.21. The van der Waals surface area contributed by atoms with Crippen molar-refractivity contribution in [2.75, 3.05) is 0 Å². The van der Waals surface area contributed by atoms with Gasteiger partial charge in [0.1, 0.15) is 0 Å². The molecule has 0 aromatic heterocycles. The zero-order chi connectivity index (χ0) is 35.1. The predicted molar refractivity (Wildman–Crippen MR) is 167 cm³/mol. The summed E-state index contributed by atoms with van der Waals surface area (Å²) in [6.07, 6.45) is -0.0616. The van der Waals surface area contributed by atoms with Crippen LogP contribution in [0, 0.1) is 0 Å². The molecule has 4 rings (SSSR count). The Morgan fingerprint density at radius 2 is 1.06 bits per heavy atom. The number of hydrogen-bond acceptors (Lipinski definition) is 7. The van der Waals surface area contributed by atoms with E-state index in [1.165, 1.54) is 72.8 Å². The van der Waals surface area contributed by atoms with Crippen molar-refractivity contribution in [1.82, 2.24) is 10.6 Å². The zero-order valence-corrected chi connectivity index (χ0v) is 24.9. The number of benzene rings is 4. The molecule has 8 N–H and O–H groups in total. The Balaban J connectivity index is 1.58. The van der Waals surface area contributed by atoms with Gasteiger partial charge >= 0.3 is 23.9 Å². The highest BCUT2D eigenvalue weighted by atomic mass is 16.4. The van der Waals surface area contributed by atoms with Gasteiger partial charge in [-0.25, -0.2) is 19.2 Å². The van der Waals surface area contributed by atoms with Crippen LogP contribution >= 0.6 is 0 Å². The highest BCUT2D eigenvalue weighted by Gasteiger charge is 2.21. The zero-order valence-electron chi connectivity index (χ0n) is 24.9. The van der Waals surface area contributed by atoms with Crippen molar-refractivity contribution in [1.29, 1.82) is 0 Å². The lowest BCUT2D eigenvalue weighted by Gasteiger charge is -2.14. The summed E-state index contributed by atoms with van der Waals surface area (Å²) in [5.74, 6) is -7.67. The third kappa shape index (κ3) is 7.87. The second-order valence-electron chi connectivity index (χ2n) is 10.4. The molecular formula is C34H27N3O11. The number of carboxylic acids is 4. The number of carbonyl (C=O) groups is 7. The van der Waals surface area contributed by atoms with Crippen LogP contribution in [-0.4, -0.2) is 62.0 Å². The minimum Gasteiger partial charge on any atom is -0.478 e. The third-order valence-electron chi connectivity index (χ3n) is 7.27. The van der Waals surface area contributed by atoms with E-state index in [0.29, 0.717) is 11.1 Å². The molecule has 0 saturated heterocycles. The molecule has 244 valence electrons. The average molecular weight is 654 g/mol. The van der Waals surface area contributed by atoms with E-state index >= 15 is 0 Å². The molecule has 0 spiro atoms. The number of carbonyl (C=O) groups excluding carboxylic acids is 3. The Labute approximate surface area is 271 Å². The molecule has 4 aromatic rings. The van der Waals surface area contributed by atoms with Crippen LogP contribution in [0.4, 0.5) is 0 Å². The monoisotopic (exact) mass is 653 g/mol. The number of primary amides is 1. The molecule has 0 aliphatic carbocycles. The number of carboxylic acid groups (broad SMARTS) is 4. The van der Waals surface area contributed by atoms with Gasteiger partial charge in [-0.15, -0.1) is 0 Å². The van der Waals surface area contributed by atoms with E-state index in [2.05, 4.69) is 10.6 Å². The summed E-state index contributed by atoms with van der Waals surface area (Å²) < 4.78 is 0. The molecule has 0 heterocycles. The second kappa shape index (κ2) is 14.5. The van der Waals surface area contributed by atoms with Crippen LogP contribution in [0.15, 0.2) is 78.9 Å². The van der Waals surface area contributed by atoms with Crippen LogP contribution in [0.2, 0.25) is 0 Å². The summed E-state index contributed by atoms with van der Waals surface area (Å²) in [5, 5.41) is 43.2. The van der Waals surface area contributed by atoms with Gasteiger partial charge in [0.15, 0.2) is 0 Å². The molecule has 0 saturated carbocycles. The summed E-state index contributed by atoms with van der Waals surface area (Å²) in [6.45, 7) is -0.375. The van der Waals surface area contributed by atoms with E-state index in [4.69, 9.17) is 5.73 Å². The van der Waals surface area contributed by atoms with Crippen molar-refractivity contribution in [2.24, 2.45) is 5.73 Å². The molecular weight excluding hydrogens is 626 g/mol. The quantitative estimate of drug-likeness (QED) is 0.110. The Kier molecular flexibility index (Phi) is 10.3. The second-order valence-corrected chi connectivity index (χ2v) is 10.4. The predicted octanol–water partition coefficient (Wildman–Crippen LogP) is 3.03. The molecule has 0 radical (unpaired) electrons. The topological polar surface area (TPSA) is 250 Å². The van der Waals surface area contributed by atoms with Gasteiger partial charge in [0.25, 0.3) is 11.8 Å². The Hall–Kier alpha value is -6.83. The van der Waals surface area contributed by atoms with Crippen molar-refractivity contribution in [3.05, 3.63) is 140 Å². The fourth-order valence-corrected chi connectivity index (χ4v) is 4.92. The van der Waals surface area contributed by atoms with Gasteiger partial charge in [-0.1, -0.05) is 36.4 Å². The van der Waals surface area contributed by atoms with Gasteiger partial charge in [-0.05, 0) is 71.1 Å². The van der Waals surface area contributed by atoms with E-state index in [9.17, 15) is 54.0 Å². The first kappa shape index (κ1) is 34.1. The maximum atomic E-state index is 13.2. The Bertz CT molecular complexity index is 2000. The van der Waals surface area contributed by atoms with E-state index < -0.39 is 41.6 Å². The lowest BCUT2D eigenvalue weighted by molar-refractivity contribution is 0.0682. The number of aromatic carboxylic acids is 4. The van der Waals surface area contributed by atoms with Gasteiger partial charge in [-0.3, -0.25) is 14.4 Å². The van der Waals surface area contributed by atoms with Crippen molar-refractivity contribution in [3.63, 3.8) is 0 Å². The summed E-state index contributed by atoms with van der Waals surface area (Å²) in [4.78, 5) is 84.6. The molecule has 0 bridgehead atoms. The largest absolute Gasteiger partial charge is 0.478 e. The number of nitrogens with one attached hydrogen (secondary N) is 2. The minimum atomic E-state index is -1.41. The maximum Gasteiger partial charge on any atom is 0.336 e. The van der Waals surface area contributed by atoms with E-state index in [0.717, 1.165) is 6.07 Å². The first-order chi connectivity index (χ1) is 22.8. The normalized spacial score (nSPS) is 10.5. The smallest absolute Gasteiger partial charge is 0.336 e. The summed E-state index contributed by atoms with van der Waals surface area (Å²) in [6, 6.07) is 17.4. The van der Waals surface area contributed by atoms with Crippen molar-refractivity contribution in [2.45, 2.75) is 19.5 Å². The molecule has 0 aliphatic heterocycles. The van der Waals surface area contributed by atoms with Gasteiger partial charge in [-0.2, -0.15) is 0 Å². The fraction of sp³-hybridized carbons (Fsp3) is 0.0882. The lowest BCUT2D eigenvalue weighted by atomic mass is 9.94. The van der Waals surface area contributed by atoms with Gasteiger partial charge < -0.3 is 36.8 Å². The fourth-order valence-electron chi connectivity index (χ4n) is 4.92. The number of nitrogens with two attached hydrogens (primary N) is 1. The third-order valence-corrected chi connectivity index (χ3v) is 7.27. The highest BCUT2D eigenvalue weighted by molar-refractivity contribution is 6.06. The van der Waals surface area contributed by atoms with Gasteiger partial charge in [0, 0.05) is 18.7 Å². The van der Waals surface area contributed by atoms with Crippen LogP contribution in [0.1, 0.15) is 94.8 Å². The van der Waals surface area contributed by atoms with Crippen LogP contribution in [0.3, 0.4) is 0 Å². The number of rotatable bonds is 13. The first-order valence-electron chi connectivity index (χ1n) is 14.0. The van der Waals surface area contributed by atoms with E-state index in [1.807, 2.05) is 0 Å². The molecule has 0 unspecified atom stereocenters. The lowest BCUT2D eigenvalue weighted by Crippen LogP contribution is -2.27. The minimum absolute atomic E-state index is 0.0557.